The molecule has 1 saturated heterocycles. The maximum Gasteiger partial charge on any atom is 0.248 e. The monoisotopic (exact) mass is 298 g/mol. The molecule has 2 rings (SSSR count). The molecule has 0 atom stereocenters. The second kappa shape index (κ2) is 5.29. The highest BCUT2D eigenvalue weighted by atomic mass is 32.2. The van der Waals surface area contributed by atoms with Gasteiger partial charge in [-0.2, -0.15) is 4.31 Å². The molecule has 7 nitrogen and oxygen atoms in total. The lowest BCUT2D eigenvalue weighted by molar-refractivity contribution is 0.100. The lowest BCUT2D eigenvalue weighted by Crippen LogP contribution is -2.48. The zero-order valence-electron chi connectivity index (χ0n) is 11.2. The highest BCUT2D eigenvalue weighted by Crippen LogP contribution is 2.25. The van der Waals surface area contributed by atoms with Crippen molar-refractivity contribution in [2.24, 2.45) is 5.73 Å². The van der Waals surface area contributed by atoms with E-state index in [1.54, 1.807) is 18.2 Å². The molecule has 1 heterocycles. The molecule has 0 saturated carbocycles. The highest BCUT2D eigenvalue weighted by Gasteiger charge is 2.24. The molecule has 1 fully saturated rings. The van der Waals surface area contributed by atoms with Crippen molar-refractivity contribution in [3.05, 3.63) is 23.8 Å². The Morgan fingerprint density at radius 3 is 2.25 bits per heavy atom. The van der Waals surface area contributed by atoms with Crippen LogP contribution in [0.25, 0.3) is 0 Å². The number of carbonyl (C=O) groups excluding carboxylic acids is 1. The van der Waals surface area contributed by atoms with Crippen molar-refractivity contribution < 1.29 is 13.2 Å². The van der Waals surface area contributed by atoms with E-state index in [0.29, 0.717) is 37.4 Å². The zero-order valence-corrected chi connectivity index (χ0v) is 12.1. The first-order valence-corrected chi connectivity index (χ1v) is 8.03. The molecule has 4 N–H and O–H groups in total. The van der Waals surface area contributed by atoms with Crippen LogP contribution >= 0.6 is 0 Å². The van der Waals surface area contributed by atoms with Crippen LogP contribution in [-0.2, 0) is 10.0 Å². The second-order valence-electron chi connectivity index (χ2n) is 4.79. The summed E-state index contributed by atoms with van der Waals surface area (Å²) in [6.45, 7) is 1.98. The average Bonchev–Trinajstić information content (AvgIpc) is 2.37. The van der Waals surface area contributed by atoms with Gasteiger partial charge in [-0.15, -0.1) is 0 Å². The van der Waals surface area contributed by atoms with Crippen molar-refractivity contribution in [1.82, 2.24) is 4.31 Å². The highest BCUT2D eigenvalue weighted by molar-refractivity contribution is 7.88. The Morgan fingerprint density at radius 2 is 1.80 bits per heavy atom. The minimum absolute atomic E-state index is 0.362. The van der Waals surface area contributed by atoms with E-state index in [1.807, 2.05) is 4.90 Å². The normalized spacial score (nSPS) is 17.1. The molecule has 0 unspecified atom stereocenters. The van der Waals surface area contributed by atoms with E-state index >= 15 is 0 Å². The van der Waals surface area contributed by atoms with Crippen molar-refractivity contribution in [3.63, 3.8) is 0 Å². The number of amides is 1. The minimum Gasteiger partial charge on any atom is -0.397 e. The van der Waals surface area contributed by atoms with Crippen molar-refractivity contribution in [2.45, 2.75) is 0 Å². The molecule has 1 aromatic carbocycles. The quantitative estimate of drug-likeness (QED) is 0.728. The lowest BCUT2D eigenvalue weighted by atomic mass is 10.1. The van der Waals surface area contributed by atoms with Crippen LogP contribution in [0.15, 0.2) is 18.2 Å². The van der Waals surface area contributed by atoms with E-state index in [2.05, 4.69) is 0 Å². The van der Waals surface area contributed by atoms with Gasteiger partial charge in [0.1, 0.15) is 0 Å². The molecule has 110 valence electrons. The van der Waals surface area contributed by atoms with Crippen LogP contribution in [0, 0.1) is 0 Å². The molecule has 0 aromatic heterocycles. The summed E-state index contributed by atoms with van der Waals surface area (Å²) in [4.78, 5) is 13.1. The SMILES string of the molecule is CS(=O)(=O)N1CCN(c2ccc(C(N)=O)cc2N)CC1. The van der Waals surface area contributed by atoms with Gasteiger partial charge in [-0.25, -0.2) is 8.42 Å². The van der Waals surface area contributed by atoms with Gasteiger partial charge in [-0.05, 0) is 18.2 Å². The van der Waals surface area contributed by atoms with Crippen LogP contribution in [-0.4, -0.2) is 51.1 Å². The number of sulfonamides is 1. The lowest BCUT2D eigenvalue weighted by Gasteiger charge is -2.35. The average molecular weight is 298 g/mol. The van der Waals surface area contributed by atoms with Gasteiger partial charge in [0.05, 0.1) is 17.6 Å². The molecule has 0 aliphatic carbocycles. The van der Waals surface area contributed by atoms with Crippen molar-refractivity contribution in [2.75, 3.05) is 43.1 Å². The Balaban J connectivity index is 2.13. The van der Waals surface area contributed by atoms with Crippen LogP contribution in [0.3, 0.4) is 0 Å². The molecule has 1 aliphatic rings. The first-order chi connectivity index (χ1) is 9.29. The predicted molar refractivity (Wildman–Crippen MR) is 78.0 cm³/mol. The number of nitrogens with two attached hydrogens (primary N) is 2. The molecule has 20 heavy (non-hydrogen) atoms. The van der Waals surface area contributed by atoms with Gasteiger partial charge in [-0.1, -0.05) is 0 Å². The molecule has 1 amide bonds. The summed E-state index contributed by atoms with van der Waals surface area (Å²) < 4.78 is 24.3. The fourth-order valence-corrected chi connectivity index (χ4v) is 3.08. The third-order valence-electron chi connectivity index (χ3n) is 3.36. The zero-order chi connectivity index (χ0) is 14.9. The first kappa shape index (κ1) is 14.6. The van der Waals surface area contributed by atoms with E-state index in [-0.39, 0.29) is 0 Å². The van der Waals surface area contributed by atoms with Crippen LogP contribution in [0.4, 0.5) is 11.4 Å². The van der Waals surface area contributed by atoms with Gasteiger partial charge in [0, 0.05) is 31.7 Å². The van der Waals surface area contributed by atoms with E-state index in [9.17, 15) is 13.2 Å². The summed E-state index contributed by atoms with van der Waals surface area (Å²) in [5.41, 5.74) is 12.7. The number of anilines is 2. The van der Waals surface area contributed by atoms with Crippen molar-refractivity contribution in [1.29, 1.82) is 0 Å². The fourth-order valence-electron chi connectivity index (χ4n) is 2.26. The summed E-state index contributed by atoms with van der Waals surface area (Å²) in [6.07, 6.45) is 1.21. The Labute approximate surface area is 118 Å². The summed E-state index contributed by atoms with van der Waals surface area (Å²) in [5, 5.41) is 0. The van der Waals surface area contributed by atoms with Gasteiger partial charge < -0.3 is 16.4 Å². The van der Waals surface area contributed by atoms with Crippen molar-refractivity contribution >= 4 is 27.3 Å². The number of carbonyl (C=O) groups is 1. The molecule has 1 aliphatic heterocycles. The first-order valence-electron chi connectivity index (χ1n) is 6.18. The topological polar surface area (TPSA) is 110 Å². The Hall–Kier alpha value is -1.80. The predicted octanol–water partition coefficient (Wildman–Crippen LogP) is -0.551. The summed E-state index contributed by atoms with van der Waals surface area (Å²) in [5.74, 6) is -0.523. The molecular weight excluding hydrogens is 280 g/mol. The number of rotatable bonds is 3. The molecule has 1 aromatic rings. The summed E-state index contributed by atoms with van der Waals surface area (Å²) in [6, 6.07) is 4.91. The van der Waals surface area contributed by atoms with Crippen LogP contribution in [0.5, 0.6) is 0 Å². The maximum atomic E-state index is 11.4. The van der Waals surface area contributed by atoms with Gasteiger partial charge in [-0.3, -0.25) is 4.79 Å². The van der Waals surface area contributed by atoms with Crippen LogP contribution in [0.1, 0.15) is 10.4 Å². The Morgan fingerprint density at radius 1 is 1.20 bits per heavy atom. The number of nitrogens with zero attached hydrogens (tertiary/aromatic N) is 2. The number of hydrogen-bond donors (Lipinski definition) is 2. The van der Waals surface area contributed by atoms with E-state index in [4.69, 9.17) is 11.5 Å². The van der Waals surface area contributed by atoms with Gasteiger partial charge in [0.2, 0.25) is 15.9 Å². The molecular formula is C12H18N4O3S. The smallest absolute Gasteiger partial charge is 0.248 e. The number of primary amides is 1. The summed E-state index contributed by atoms with van der Waals surface area (Å²) >= 11 is 0. The number of hydrogen-bond acceptors (Lipinski definition) is 5. The van der Waals surface area contributed by atoms with Gasteiger partial charge in [0.25, 0.3) is 0 Å². The largest absolute Gasteiger partial charge is 0.397 e. The third-order valence-corrected chi connectivity index (χ3v) is 4.66. The van der Waals surface area contributed by atoms with Crippen molar-refractivity contribution in [3.8, 4) is 0 Å². The van der Waals surface area contributed by atoms with E-state index < -0.39 is 15.9 Å². The number of piperazine rings is 1. The van der Waals surface area contributed by atoms with Crippen LogP contribution < -0.4 is 16.4 Å². The summed E-state index contributed by atoms with van der Waals surface area (Å²) in [7, 11) is -3.15. The van der Waals surface area contributed by atoms with Gasteiger partial charge >= 0.3 is 0 Å². The standard InChI is InChI=1S/C12H18N4O3S/c1-20(18,19)16-6-4-15(5-7-16)11-3-2-9(12(14)17)8-10(11)13/h2-3,8H,4-7,13H2,1H3,(H2,14,17). The second-order valence-corrected chi connectivity index (χ2v) is 6.77. The molecule has 0 bridgehead atoms. The maximum absolute atomic E-state index is 11.4. The van der Waals surface area contributed by atoms with E-state index in [1.165, 1.54) is 10.6 Å². The molecule has 8 heteroatoms. The third kappa shape index (κ3) is 3.02. The number of nitrogen functional groups attached to an aromatic ring is 1. The minimum atomic E-state index is -3.15. The number of benzene rings is 1. The molecule has 0 radical (unpaired) electrons. The fraction of sp³-hybridized carbons (Fsp3) is 0.417. The Kier molecular flexibility index (Phi) is 3.87. The Bertz CT molecular complexity index is 622. The van der Waals surface area contributed by atoms with Crippen LogP contribution in [0.2, 0.25) is 0 Å². The molecule has 0 spiro atoms. The van der Waals surface area contributed by atoms with E-state index in [0.717, 1.165) is 5.69 Å². The van der Waals surface area contributed by atoms with Gasteiger partial charge in [0.15, 0.2) is 0 Å².